The third kappa shape index (κ3) is 3.47. The Bertz CT molecular complexity index is 202. The molecule has 0 aromatic rings. The Kier molecular flexibility index (Phi) is 5.05. The van der Waals surface area contributed by atoms with E-state index >= 15 is 0 Å². The fourth-order valence-corrected chi connectivity index (χ4v) is 2.15. The lowest BCUT2D eigenvalue weighted by atomic mass is 9.83. The molecular weight excluding hydrogens is 194 g/mol. The minimum Gasteiger partial charge on any atom is -0.465 e. The van der Waals surface area contributed by atoms with Crippen molar-refractivity contribution in [2.45, 2.75) is 51.2 Å². The minimum absolute atomic E-state index is 0.165. The maximum absolute atomic E-state index is 11.3. The second-order valence-corrected chi connectivity index (χ2v) is 4.17. The number of hydrogen-bond acceptors (Lipinski definition) is 4. The molecule has 0 aliphatic heterocycles. The summed E-state index contributed by atoms with van der Waals surface area (Å²) in [7, 11) is 0. The molecule has 88 valence electrons. The maximum Gasteiger partial charge on any atom is 0.325 e. The first kappa shape index (κ1) is 12.5. The summed E-state index contributed by atoms with van der Waals surface area (Å²) in [6, 6.07) is -0.881. The molecule has 15 heavy (non-hydrogen) atoms. The Morgan fingerprint density at radius 1 is 1.47 bits per heavy atom. The highest BCUT2D eigenvalue weighted by Gasteiger charge is 2.31. The molecule has 3 N–H and O–H groups in total. The Morgan fingerprint density at radius 3 is 2.60 bits per heavy atom. The predicted octanol–water partition coefficient (Wildman–Crippen LogP) is 0.818. The van der Waals surface area contributed by atoms with Crippen LogP contribution in [0.1, 0.15) is 39.0 Å². The van der Waals surface area contributed by atoms with Gasteiger partial charge in [-0.3, -0.25) is 4.79 Å². The molecule has 0 amide bonds. The predicted molar refractivity (Wildman–Crippen MR) is 57.2 cm³/mol. The van der Waals surface area contributed by atoms with E-state index in [-0.39, 0.29) is 5.92 Å². The van der Waals surface area contributed by atoms with Gasteiger partial charge in [0.2, 0.25) is 0 Å². The van der Waals surface area contributed by atoms with Crippen molar-refractivity contribution in [2.75, 3.05) is 6.61 Å². The molecule has 0 heterocycles. The monoisotopic (exact) mass is 215 g/mol. The van der Waals surface area contributed by atoms with Crippen molar-refractivity contribution in [1.82, 2.24) is 0 Å². The van der Waals surface area contributed by atoms with Crippen molar-refractivity contribution >= 4 is 5.97 Å². The molecule has 4 nitrogen and oxygen atoms in total. The molecule has 1 fully saturated rings. The molecule has 0 spiro atoms. The van der Waals surface area contributed by atoms with Gasteiger partial charge >= 0.3 is 5.97 Å². The fourth-order valence-electron chi connectivity index (χ4n) is 2.15. The van der Waals surface area contributed by atoms with E-state index in [9.17, 15) is 9.90 Å². The summed E-state index contributed by atoms with van der Waals surface area (Å²) in [5.74, 6) is -0.325. The van der Waals surface area contributed by atoms with E-state index in [1.807, 2.05) is 0 Å². The molecule has 1 rings (SSSR count). The zero-order chi connectivity index (χ0) is 11.3. The van der Waals surface area contributed by atoms with Gasteiger partial charge in [0.15, 0.2) is 0 Å². The van der Waals surface area contributed by atoms with Crippen molar-refractivity contribution in [2.24, 2.45) is 11.7 Å². The lowest BCUT2D eigenvalue weighted by Crippen LogP contribution is -2.47. The Balaban J connectivity index is 2.43. The molecule has 0 radical (unpaired) electrons. The summed E-state index contributed by atoms with van der Waals surface area (Å²) in [5.41, 5.74) is 5.65. The van der Waals surface area contributed by atoms with Gasteiger partial charge < -0.3 is 15.6 Å². The summed E-state index contributed by atoms with van der Waals surface area (Å²) in [6.07, 6.45) is 4.65. The smallest absolute Gasteiger partial charge is 0.325 e. The van der Waals surface area contributed by atoms with Gasteiger partial charge in [0.1, 0.15) is 6.04 Å². The largest absolute Gasteiger partial charge is 0.465 e. The normalized spacial score (nSPS) is 22.1. The number of nitrogens with two attached hydrogens (primary N) is 1. The van der Waals surface area contributed by atoms with E-state index in [1.54, 1.807) is 6.92 Å². The number of carbonyl (C=O) groups excluding carboxylic acids is 1. The van der Waals surface area contributed by atoms with Gasteiger partial charge in [-0.15, -0.1) is 0 Å². The molecular formula is C11H21NO3. The average Bonchev–Trinajstić information content (AvgIpc) is 2.28. The average molecular weight is 215 g/mol. The van der Waals surface area contributed by atoms with Crippen LogP contribution in [0.25, 0.3) is 0 Å². The number of hydrogen-bond donors (Lipinski definition) is 2. The lowest BCUT2D eigenvalue weighted by molar-refractivity contribution is -0.148. The van der Waals surface area contributed by atoms with E-state index in [4.69, 9.17) is 10.5 Å². The van der Waals surface area contributed by atoms with E-state index in [0.717, 1.165) is 25.7 Å². The molecule has 0 aromatic heterocycles. The van der Waals surface area contributed by atoms with Crippen LogP contribution in [-0.2, 0) is 9.53 Å². The third-order valence-corrected chi connectivity index (χ3v) is 3.06. The highest BCUT2D eigenvalue weighted by Crippen LogP contribution is 2.27. The van der Waals surface area contributed by atoms with Crippen LogP contribution < -0.4 is 5.73 Å². The molecule has 0 bridgehead atoms. The molecule has 4 heteroatoms. The van der Waals surface area contributed by atoms with Crippen molar-refractivity contribution in [1.29, 1.82) is 0 Å². The summed E-state index contributed by atoms with van der Waals surface area (Å²) < 4.78 is 4.79. The van der Waals surface area contributed by atoms with Crippen LogP contribution in [0.15, 0.2) is 0 Å². The number of carbonyl (C=O) groups is 1. The zero-order valence-corrected chi connectivity index (χ0v) is 9.32. The van der Waals surface area contributed by atoms with Gasteiger partial charge in [0.25, 0.3) is 0 Å². The summed E-state index contributed by atoms with van der Waals surface area (Å²) >= 11 is 0. The number of aliphatic hydroxyl groups is 1. The first-order chi connectivity index (χ1) is 7.16. The molecule has 2 atom stereocenters. The molecule has 1 aliphatic rings. The van der Waals surface area contributed by atoms with Crippen LogP contribution in [0, 0.1) is 5.92 Å². The Hall–Kier alpha value is -0.610. The quantitative estimate of drug-likeness (QED) is 0.681. The molecule has 0 unspecified atom stereocenters. The minimum atomic E-state index is -0.881. The van der Waals surface area contributed by atoms with E-state index in [0.29, 0.717) is 6.61 Å². The summed E-state index contributed by atoms with van der Waals surface area (Å²) in [4.78, 5) is 11.3. The third-order valence-electron chi connectivity index (χ3n) is 3.06. The summed E-state index contributed by atoms with van der Waals surface area (Å²) in [5, 5.41) is 9.91. The second-order valence-electron chi connectivity index (χ2n) is 4.17. The van der Waals surface area contributed by atoms with Crippen LogP contribution >= 0.6 is 0 Å². The van der Waals surface area contributed by atoms with Crippen LogP contribution in [-0.4, -0.2) is 29.8 Å². The second kappa shape index (κ2) is 6.08. The van der Waals surface area contributed by atoms with E-state index in [1.165, 1.54) is 6.42 Å². The van der Waals surface area contributed by atoms with Crippen LogP contribution in [0.3, 0.4) is 0 Å². The number of rotatable bonds is 4. The van der Waals surface area contributed by atoms with Gasteiger partial charge in [-0.05, 0) is 25.7 Å². The van der Waals surface area contributed by atoms with Crippen LogP contribution in [0.2, 0.25) is 0 Å². The van der Waals surface area contributed by atoms with Crippen molar-refractivity contribution in [3.63, 3.8) is 0 Å². The van der Waals surface area contributed by atoms with Crippen LogP contribution in [0.4, 0.5) is 0 Å². The van der Waals surface area contributed by atoms with Crippen molar-refractivity contribution in [3.8, 4) is 0 Å². The molecule has 0 saturated heterocycles. The lowest BCUT2D eigenvalue weighted by Gasteiger charge is -2.29. The first-order valence-electron chi connectivity index (χ1n) is 5.77. The van der Waals surface area contributed by atoms with Gasteiger partial charge in [0.05, 0.1) is 12.7 Å². The highest BCUT2D eigenvalue weighted by molar-refractivity contribution is 5.76. The maximum atomic E-state index is 11.3. The Labute approximate surface area is 90.8 Å². The van der Waals surface area contributed by atoms with Crippen molar-refractivity contribution < 1.29 is 14.6 Å². The number of aliphatic hydroxyl groups excluding tert-OH is 1. The van der Waals surface area contributed by atoms with E-state index in [2.05, 4.69) is 0 Å². The van der Waals surface area contributed by atoms with Crippen molar-refractivity contribution in [3.05, 3.63) is 0 Å². The van der Waals surface area contributed by atoms with Gasteiger partial charge in [-0.1, -0.05) is 19.3 Å². The van der Waals surface area contributed by atoms with Gasteiger partial charge in [0, 0.05) is 0 Å². The first-order valence-corrected chi connectivity index (χ1v) is 5.77. The SMILES string of the molecule is CCOC(=O)[C@H](N)[C@H](O)C1CCCCC1. The number of esters is 1. The molecule has 1 saturated carbocycles. The standard InChI is InChI=1S/C11H21NO3/c1-2-15-11(14)9(12)10(13)8-6-4-3-5-7-8/h8-10,13H,2-7,12H2,1H3/t9-,10-/m1/s1. The Morgan fingerprint density at radius 2 is 2.07 bits per heavy atom. The summed E-state index contributed by atoms with van der Waals surface area (Å²) in [6.45, 7) is 2.04. The fraction of sp³-hybridized carbons (Fsp3) is 0.909. The van der Waals surface area contributed by atoms with E-state index < -0.39 is 18.1 Å². The zero-order valence-electron chi connectivity index (χ0n) is 9.32. The molecule has 1 aliphatic carbocycles. The van der Waals surface area contributed by atoms with Gasteiger partial charge in [-0.2, -0.15) is 0 Å². The highest BCUT2D eigenvalue weighted by atomic mass is 16.5. The van der Waals surface area contributed by atoms with Crippen LogP contribution in [0.5, 0.6) is 0 Å². The van der Waals surface area contributed by atoms with Gasteiger partial charge in [-0.25, -0.2) is 0 Å². The molecule has 0 aromatic carbocycles. The topological polar surface area (TPSA) is 72.5 Å². The number of ether oxygens (including phenoxy) is 1.